The molecule has 0 spiro atoms. The molecule has 0 fully saturated rings. The van der Waals surface area contributed by atoms with Crippen molar-refractivity contribution in [1.29, 1.82) is 0 Å². The Morgan fingerprint density at radius 3 is 2.19 bits per heavy atom. The highest BCUT2D eigenvalue weighted by atomic mass is 16.5. The summed E-state index contributed by atoms with van der Waals surface area (Å²) in [6.45, 7) is 0. The molecule has 0 atom stereocenters. The third-order valence-electron chi connectivity index (χ3n) is 2.88. The molecular weight excluding hydrogens is 274 g/mol. The molecule has 2 aromatic rings. The third kappa shape index (κ3) is 3.11. The number of aromatic carboxylic acids is 2. The van der Waals surface area contributed by atoms with E-state index in [9.17, 15) is 14.7 Å². The van der Waals surface area contributed by atoms with E-state index >= 15 is 0 Å². The highest BCUT2D eigenvalue weighted by Crippen LogP contribution is 2.27. The Labute approximate surface area is 120 Å². The van der Waals surface area contributed by atoms with Gasteiger partial charge in [-0.25, -0.2) is 9.59 Å². The summed E-state index contributed by atoms with van der Waals surface area (Å²) >= 11 is 0. The van der Waals surface area contributed by atoms with Crippen LogP contribution in [-0.2, 0) is 0 Å². The SMILES string of the molecule is COc1ccc(Nc2ccccc2C(=O)O)c(C(=O)O)c1. The minimum atomic E-state index is -1.13. The molecule has 0 unspecified atom stereocenters. The largest absolute Gasteiger partial charge is 0.497 e. The number of carboxylic acid groups (broad SMARTS) is 2. The van der Waals surface area contributed by atoms with Crippen molar-refractivity contribution >= 4 is 23.3 Å². The van der Waals surface area contributed by atoms with E-state index in [1.807, 2.05) is 0 Å². The normalized spacial score (nSPS) is 9.95. The summed E-state index contributed by atoms with van der Waals surface area (Å²) in [5.41, 5.74) is 0.661. The second kappa shape index (κ2) is 5.96. The first-order valence-corrected chi connectivity index (χ1v) is 6.03. The molecule has 3 N–H and O–H groups in total. The number of hydrogen-bond acceptors (Lipinski definition) is 4. The van der Waals surface area contributed by atoms with Crippen LogP contribution >= 0.6 is 0 Å². The molecule has 0 saturated heterocycles. The Bertz CT molecular complexity index is 696. The molecule has 2 aromatic carbocycles. The van der Waals surface area contributed by atoms with Gasteiger partial charge in [-0.3, -0.25) is 0 Å². The van der Waals surface area contributed by atoms with Crippen LogP contribution in [0, 0.1) is 0 Å². The molecular formula is C15H13NO5. The molecule has 0 amide bonds. The highest BCUT2D eigenvalue weighted by Gasteiger charge is 2.14. The quantitative estimate of drug-likeness (QED) is 0.782. The van der Waals surface area contributed by atoms with Crippen LogP contribution in [0.2, 0.25) is 0 Å². The number of rotatable bonds is 5. The van der Waals surface area contributed by atoms with Gasteiger partial charge in [-0.1, -0.05) is 12.1 Å². The molecule has 2 rings (SSSR count). The smallest absolute Gasteiger partial charge is 0.337 e. The van der Waals surface area contributed by atoms with Gasteiger partial charge in [0.1, 0.15) is 5.75 Å². The lowest BCUT2D eigenvalue weighted by Crippen LogP contribution is -2.06. The molecule has 0 aromatic heterocycles. The number of benzene rings is 2. The zero-order valence-corrected chi connectivity index (χ0v) is 11.2. The van der Waals surface area contributed by atoms with E-state index in [1.165, 1.54) is 25.3 Å². The van der Waals surface area contributed by atoms with Crippen molar-refractivity contribution < 1.29 is 24.5 Å². The van der Waals surface area contributed by atoms with Crippen molar-refractivity contribution in [2.24, 2.45) is 0 Å². The van der Waals surface area contributed by atoms with Crippen LogP contribution in [0.15, 0.2) is 42.5 Å². The topological polar surface area (TPSA) is 95.9 Å². The monoisotopic (exact) mass is 287 g/mol. The predicted molar refractivity (Wildman–Crippen MR) is 76.6 cm³/mol. The first kappa shape index (κ1) is 14.4. The van der Waals surface area contributed by atoms with E-state index in [0.29, 0.717) is 11.4 Å². The first-order valence-electron chi connectivity index (χ1n) is 6.03. The van der Waals surface area contributed by atoms with Crippen LogP contribution in [0.4, 0.5) is 11.4 Å². The van der Waals surface area contributed by atoms with Gasteiger partial charge in [-0.05, 0) is 30.3 Å². The Morgan fingerprint density at radius 1 is 0.952 bits per heavy atom. The molecule has 0 aliphatic heterocycles. The van der Waals surface area contributed by atoms with Crippen molar-refractivity contribution in [2.45, 2.75) is 0 Å². The summed E-state index contributed by atoms with van der Waals surface area (Å²) in [6.07, 6.45) is 0. The molecule has 108 valence electrons. The Balaban J connectivity index is 2.45. The van der Waals surface area contributed by atoms with Gasteiger partial charge in [0.05, 0.1) is 29.6 Å². The summed E-state index contributed by atoms with van der Waals surface area (Å²) in [5.74, 6) is -1.82. The maximum Gasteiger partial charge on any atom is 0.337 e. The van der Waals surface area contributed by atoms with Gasteiger partial charge >= 0.3 is 11.9 Å². The van der Waals surface area contributed by atoms with Crippen molar-refractivity contribution in [1.82, 2.24) is 0 Å². The minimum Gasteiger partial charge on any atom is -0.497 e. The Morgan fingerprint density at radius 2 is 1.57 bits per heavy atom. The van der Waals surface area contributed by atoms with Crippen LogP contribution in [0.25, 0.3) is 0 Å². The van der Waals surface area contributed by atoms with Gasteiger partial charge in [0, 0.05) is 0 Å². The number of para-hydroxylation sites is 1. The van der Waals surface area contributed by atoms with Gasteiger partial charge in [0.15, 0.2) is 0 Å². The number of hydrogen-bond donors (Lipinski definition) is 3. The molecule has 6 heteroatoms. The predicted octanol–water partition coefficient (Wildman–Crippen LogP) is 2.84. The molecule has 0 bridgehead atoms. The maximum atomic E-state index is 11.3. The van der Waals surface area contributed by atoms with Crippen molar-refractivity contribution in [3.63, 3.8) is 0 Å². The van der Waals surface area contributed by atoms with Crippen molar-refractivity contribution in [3.8, 4) is 5.75 Å². The number of nitrogens with one attached hydrogen (secondary N) is 1. The average molecular weight is 287 g/mol. The Hall–Kier alpha value is -3.02. The van der Waals surface area contributed by atoms with Crippen LogP contribution in [0.5, 0.6) is 5.75 Å². The van der Waals surface area contributed by atoms with Gasteiger partial charge in [-0.2, -0.15) is 0 Å². The van der Waals surface area contributed by atoms with E-state index in [-0.39, 0.29) is 16.8 Å². The van der Waals surface area contributed by atoms with Crippen LogP contribution in [0.3, 0.4) is 0 Å². The fourth-order valence-corrected chi connectivity index (χ4v) is 1.86. The van der Waals surface area contributed by atoms with E-state index in [1.54, 1.807) is 24.3 Å². The molecule has 21 heavy (non-hydrogen) atoms. The molecule has 0 aliphatic rings. The van der Waals surface area contributed by atoms with Crippen molar-refractivity contribution in [2.75, 3.05) is 12.4 Å². The summed E-state index contributed by atoms with van der Waals surface area (Å²) in [4.78, 5) is 22.4. The summed E-state index contributed by atoms with van der Waals surface area (Å²) < 4.78 is 4.99. The number of methoxy groups -OCH3 is 1. The Kier molecular flexibility index (Phi) is 4.08. The van der Waals surface area contributed by atoms with Gasteiger partial charge in [0.2, 0.25) is 0 Å². The fourth-order valence-electron chi connectivity index (χ4n) is 1.86. The summed E-state index contributed by atoms with van der Waals surface area (Å²) in [5, 5.41) is 21.2. The lowest BCUT2D eigenvalue weighted by atomic mass is 10.1. The number of carboxylic acids is 2. The van der Waals surface area contributed by atoms with E-state index in [4.69, 9.17) is 9.84 Å². The summed E-state index contributed by atoms with van der Waals surface area (Å²) in [6, 6.07) is 10.8. The third-order valence-corrected chi connectivity index (χ3v) is 2.88. The standard InChI is InChI=1S/C15H13NO5/c1-21-9-6-7-13(11(8-9)15(19)20)16-12-5-3-2-4-10(12)14(17)18/h2-8,16H,1H3,(H,17,18)(H,19,20). The van der Waals surface area contributed by atoms with E-state index in [0.717, 1.165) is 0 Å². The van der Waals surface area contributed by atoms with Gasteiger partial charge in [-0.15, -0.1) is 0 Å². The van der Waals surface area contributed by atoms with Crippen LogP contribution in [0.1, 0.15) is 20.7 Å². The fraction of sp³-hybridized carbons (Fsp3) is 0.0667. The zero-order chi connectivity index (χ0) is 15.4. The minimum absolute atomic E-state index is 0.00505. The zero-order valence-electron chi connectivity index (χ0n) is 11.2. The van der Waals surface area contributed by atoms with Gasteiger partial charge in [0.25, 0.3) is 0 Å². The summed E-state index contributed by atoms with van der Waals surface area (Å²) in [7, 11) is 1.44. The van der Waals surface area contributed by atoms with E-state index in [2.05, 4.69) is 5.32 Å². The lowest BCUT2D eigenvalue weighted by Gasteiger charge is -2.12. The highest BCUT2D eigenvalue weighted by molar-refractivity contribution is 5.99. The van der Waals surface area contributed by atoms with Gasteiger partial charge < -0.3 is 20.3 Å². The number of anilines is 2. The molecule has 0 heterocycles. The molecule has 0 saturated carbocycles. The first-order chi connectivity index (χ1) is 10.0. The molecule has 0 aliphatic carbocycles. The van der Waals surface area contributed by atoms with E-state index < -0.39 is 11.9 Å². The molecule has 0 radical (unpaired) electrons. The lowest BCUT2D eigenvalue weighted by molar-refractivity contribution is 0.0687. The second-order valence-corrected chi connectivity index (χ2v) is 4.19. The van der Waals surface area contributed by atoms with Crippen LogP contribution in [-0.4, -0.2) is 29.3 Å². The van der Waals surface area contributed by atoms with Crippen LogP contribution < -0.4 is 10.1 Å². The second-order valence-electron chi connectivity index (χ2n) is 4.19. The maximum absolute atomic E-state index is 11.3. The molecule has 6 nitrogen and oxygen atoms in total. The number of carbonyl (C=O) groups is 2. The number of ether oxygens (including phenoxy) is 1. The average Bonchev–Trinajstić information content (AvgIpc) is 2.47. The van der Waals surface area contributed by atoms with Crippen molar-refractivity contribution in [3.05, 3.63) is 53.6 Å².